The average Bonchev–Trinajstić information content (AvgIpc) is 2.45. The van der Waals surface area contributed by atoms with E-state index < -0.39 is 11.8 Å². The average molecular weight is 323 g/mol. The Kier molecular flexibility index (Phi) is 5.61. The highest BCUT2D eigenvalue weighted by Crippen LogP contribution is 2.21. The van der Waals surface area contributed by atoms with Gasteiger partial charge in [-0.3, -0.25) is 0 Å². The number of urea groups is 1. The molecule has 0 aliphatic heterocycles. The van der Waals surface area contributed by atoms with Crippen molar-refractivity contribution in [3.8, 4) is 5.75 Å². The highest BCUT2D eigenvalue weighted by molar-refractivity contribution is 6.30. The number of anilines is 1. The van der Waals surface area contributed by atoms with Gasteiger partial charge in [0.05, 0.1) is 6.54 Å². The molecular formula is C16H16ClFN2O2. The summed E-state index contributed by atoms with van der Waals surface area (Å²) < 4.78 is 18.5. The molecule has 0 radical (unpaired) electrons. The Labute approximate surface area is 133 Å². The third-order valence-corrected chi connectivity index (χ3v) is 3.10. The number of carbonyl (C=O) groups is 1. The van der Waals surface area contributed by atoms with Gasteiger partial charge in [0, 0.05) is 10.7 Å². The van der Waals surface area contributed by atoms with Gasteiger partial charge in [-0.05, 0) is 48.9 Å². The molecule has 0 fully saturated rings. The Morgan fingerprint density at radius 2 is 2.09 bits per heavy atom. The van der Waals surface area contributed by atoms with E-state index in [0.29, 0.717) is 23.9 Å². The minimum atomic E-state index is -0.415. The van der Waals surface area contributed by atoms with Gasteiger partial charge in [0.25, 0.3) is 0 Å². The lowest BCUT2D eigenvalue weighted by molar-refractivity contribution is 0.247. The Morgan fingerprint density at radius 1 is 1.27 bits per heavy atom. The smallest absolute Gasteiger partial charge is 0.319 e. The number of halogens is 2. The fraction of sp³-hybridized carbons (Fsp3) is 0.188. The second-order valence-corrected chi connectivity index (χ2v) is 5.09. The number of nitrogens with one attached hydrogen (secondary N) is 2. The van der Waals surface area contributed by atoms with Crippen LogP contribution in [0, 0.1) is 12.7 Å². The largest absolute Gasteiger partial charge is 0.491 e. The summed E-state index contributed by atoms with van der Waals surface area (Å²) in [5, 5.41) is 5.82. The van der Waals surface area contributed by atoms with E-state index in [9.17, 15) is 9.18 Å². The molecule has 0 aliphatic carbocycles. The van der Waals surface area contributed by atoms with E-state index in [1.165, 1.54) is 18.2 Å². The molecule has 22 heavy (non-hydrogen) atoms. The zero-order valence-corrected chi connectivity index (χ0v) is 12.8. The first kappa shape index (κ1) is 16.1. The van der Waals surface area contributed by atoms with Gasteiger partial charge < -0.3 is 15.4 Å². The molecule has 6 heteroatoms. The maximum Gasteiger partial charge on any atom is 0.319 e. The molecule has 2 aromatic rings. The lowest BCUT2D eigenvalue weighted by Gasteiger charge is -2.11. The predicted molar refractivity (Wildman–Crippen MR) is 85.1 cm³/mol. The number of hydrogen-bond acceptors (Lipinski definition) is 2. The van der Waals surface area contributed by atoms with E-state index in [1.807, 2.05) is 6.92 Å². The lowest BCUT2D eigenvalue weighted by atomic mass is 10.2. The molecule has 4 nitrogen and oxygen atoms in total. The molecule has 2 aromatic carbocycles. The van der Waals surface area contributed by atoms with Gasteiger partial charge in [0.15, 0.2) is 0 Å². The Morgan fingerprint density at radius 3 is 2.82 bits per heavy atom. The summed E-state index contributed by atoms with van der Waals surface area (Å²) in [4.78, 5) is 11.6. The molecule has 0 saturated heterocycles. The van der Waals surface area contributed by atoms with E-state index in [1.54, 1.807) is 24.3 Å². The number of aryl methyl sites for hydroxylation is 1. The predicted octanol–water partition coefficient (Wildman–Crippen LogP) is 3.99. The number of ether oxygens (including phenoxy) is 1. The van der Waals surface area contributed by atoms with E-state index in [-0.39, 0.29) is 0 Å². The van der Waals surface area contributed by atoms with Crippen molar-refractivity contribution in [1.29, 1.82) is 0 Å². The highest BCUT2D eigenvalue weighted by Gasteiger charge is 2.03. The molecule has 0 spiro atoms. The summed E-state index contributed by atoms with van der Waals surface area (Å²) in [5.41, 5.74) is 1.32. The standard InChI is InChI=1S/C16H16ClFN2O2/c1-11-9-12(17)5-6-15(11)22-8-7-19-16(21)20-14-4-2-3-13(18)10-14/h2-6,9-10H,7-8H2,1H3,(H2,19,20,21). The van der Waals surface area contributed by atoms with Crippen molar-refractivity contribution in [1.82, 2.24) is 5.32 Å². The van der Waals surface area contributed by atoms with Crippen molar-refractivity contribution >= 4 is 23.3 Å². The van der Waals surface area contributed by atoms with Gasteiger partial charge in [-0.15, -0.1) is 0 Å². The van der Waals surface area contributed by atoms with Crippen molar-refractivity contribution in [3.63, 3.8) is 0 Å². The summed E-state index contributed by atoms with van der Waals surface area (Å²) in [5.74, 6) is 0.316. The second kappa shape index (κ2) is 7.66. The van der Waals surface area contributed by atoms with E-state index >= 15 is 0 Å². The summed E-state index contributed by atoms with van der Waals surface area (Å²) in [7, 11) is 0. The minimum Gasteiger partial charge on any atom is -0.491 e. The van der Waals surface area contributed by atoms with Crippen LogP contribution in [0.4, 0.5) is 14.9 Å². The molecule has 0 bridgehead atoms. The summed E-state index contributed by atoms with van der Waals surface area (Å²) in [6.07, 6.45) is 0. The zero-order chi connectivity index (χ0) is 15.9. The molecule has 0 aromatic heterocycles. The summed E-state index contributed by atoms with van der Waals surface area (Å²) in [6, 6.07) is 10.6. The molecule has 2 amide bonds. The van der Waals surface area contributed by atoms with Crippen molar-refractivity contribution in [2.75, 3.05) is 18.5 Å². The van der Waals surface area contributed by atoms with Crippen LogP contribution in [-0.4, -0.2) is 19.2 Å². The van der Waals surface area contributed by atoms with E-state index in [4.69, 9.17) is 16.3 Å². The molecule has 0 unspecified atom stereocenters. The molecule has 0 aliphatic rings. The maximum absolute atomic E-state index is 13.0. The van der Waals surface area contributed by atoms with Crippen LogP contribution < -0.4 is 15.4 Å². The molecule has 116 valence electrons. The number of carbonyl (C=O) groups excluding carboxylic acids is 1. The third-order valence-electron chi connectivity index (χ3n) is 2.86. The molecule has 0 atom stereocenters. The quantitative estimate of drug-likeness (QED) is 0.818. The Balaban J connectivity index is 1.73. The SMILES string of the molecule is Cc1cc(Cl)ccc1OCCNC(=O)Nc1cccc(F)c1. The molecule has 2 N–H and O–H groups in total. The lowest BCUT2D eigenvalue weighted by Crippen LogP contribution is -2.32. The van der Waals surface area contributed by atoms with Gasteiger partial charge in [-0.1, -0.05) is 17.7 Å². The van der Waals surface area contributed by atoms with Crippen LogP contribution >= 0.6 is 11.6 Å². The molecule has 0 saturated carbocycles. The monoisotopic (exact) mass is 322 g/mol. The Hall–Kier alpha value is -2.27. The van der Waals surface area contributed by atoms with Crippen molar-refractivity contribution in [2.45, 2.75) is 6.92 Å². The van der Waals surface area contributed by atoms with Crippen LogP contribution in [0.1, 0.15) is 5.56 Å². The van der Waals surface area contributed by atoms with E-state index in [2.05, 4.69) is 10.6 Å². The fourth-order valence-corrected chi connectivity index (χ4v) is 2.07. The first-order valence-electron chi connectivity index (χ1n) is 6.74. The topological polar surface area (TPSA) is 50.4 Å². The minimum absolute atomic E-state index is 0.318. The summed E-state index contributed by atoms with van der Waals surface area (Å²) >= 11 is 5.86. The Bertz CT molecular complexity index is 664. The van der Waals surface area contributed by atoms with Crippen molar-refractivity contribution < 1.29 is 13.9 Å². The van der Waals surface area contributed by atoms with Gasteiger partial charge in [0.2, 0.25) is 0 Å². The van der Waals surface area contributed by atoms with Crippen LogP contribution in [0.5, 0.6) is 5.75 Å². The third kappa shape index (κ3) is 4.93. The molecular weight excluding hydrogens is 307 g/mol. The van der Waals surface area contributed by atoms with Crippen molar-refractivity contribution in [3.05, 3.63) is 58.9 Å². The van der Waals surface area contributed by atoms with Crippen LogP contribution in [0.3, 0.4) is 0 Å². The fourth-order valence-electron chi connectivity index (χ4n) is 1.84. The highest BCUT2D eigenvalue weighted by atomic mass is 35.5. The molecule has 0 heterocycles. The van der Waals surface area contributed by atoms with Gasteiger partial charge in [-0.2, -0.15) is 0 Å². The number of amides is 2. The number of hydrogen-bond donors (Lipinski definition) is 2. The zero-order valence-electron chi connectivity index (χ0n) is 12.0. The van der Waals surface area contributed by atoms with Crippen LogP contribution in [-0.2, 0) is 0 Å². The van der Waals surface area contributed by atoms with E-state index in [0.717, 1.165) is 11.3 Å². The maximum atomic E-state index is 13.0. The number of rotatable bonds is 5. The van der Waals surface area contributed by atoms with Crippen LogP contribution in [0.2, 0.25) is 5.02 Å². The van der Waals surface area contributed by atoms with Crippen LogP contribution in [0.15, 0.2) is 42.5 Å². The van der Waals surface area contributed by atoms with Gasteiger partial charge >= 0.3 is 6.03 Å². The summed E-state index contributed by atoms with van der Waals surface area (Å²) in [6.45, 7) is 2.54. The first-order valence-corrected chi connectivity index (χ1v) is 7.12. The van der Waals surface area contributed by atoms with Crippen LogP contribution in [0.25, 0.3) is 0 Å². The second-order valence-electron chi connectivity index (χ2n) is 4.65. The molecule has 2 rings (SSSR count). The van der Waals surface area contributed by atoms with Gasteiger partial charge in [-0.25, -0.2) is 9.18 Å². The number of benzene rings is 2. The van der Waals surface area contributed by atoms with Gasteiger partial charge in [0.1, 0.15) is 18.2 Å². The van der Waals surface area contributed by atoms with Crippen molar-refractivity contribution in [2.24, 2.45) is 0 Å². The first-order chi connectivity index (χ1) is 10.5. The normalized spacial score (nSPS) is 10.1.